The minimum Gasteiger partial charge on any atom is -0.493 e. The number of hydrogen-bond acceptors (Lipinski definition) is 6. The molecule has 0 aromatic heterocycles. The van der Waals surface area contributed by atoms with E-state index in [0.29, 0.717) is 47.0 Å². The summed E-state index contributed by atoms with van der Waals surface area (Å²) in [5, 5.41) is 9.59. The molecule has 0 unspecified atom stereocenters. The lowest BCUT2D eigenvalue weighted by atomic mass is 10.1. The van der Waals surface area contributed by atoms with Gasteiger partial charge in [0, 0.05) is 18.2 Å². The van der Waals surface area contributed by atoms with Gasteiger partial charge in [-0.15, -0.1) is 0 Å². The van der Waals surface area contributed by atoms with Crippen molar-refractivity contribution in [3.8, 4) is 11.5 Å². The standard InChI is InChI=1S/C23H23BrN2O5S/c1-4-26-21(27)20(32-23(26)25-16-9-7-14(8-10-16)22(28)29)12-15-11-17(24)19(31-6-3)13-18(15)30-5-2/h7-13H,4-6H2,1-3H3,(H,28,29)/b20-12-,25-23?. The molecule has 9 heteroatoms. The van der Waals surface area contributed by atoms with Crippen molar-refractivity contribution < 1.29 is 24.2 Å². The van der Waals surface area contributed by atoms with Crippen molar-refractivity contribution in [1.29, 1.82) is 0 Å². The summed E-state index contributed by atoms with van der Waals surface area (Å²) in [6.07, 6.45) is 1.79. The molecule has 0 spiro atoms. The minimum absolute atomic E-state index is 0.147. The van der Waals surface area contributed by atoms with E-state index in [1.165, 1.54) is 23.9 Å². The molecule has 168 valence electrons. The second-order valence-electron chi connectivity index (χ2n) is 6.59. The highest BCUT2D eigenvalue weighted by Crippen LogP contribution is 2.38. The number of halogens is 1. The van der Waals surface area contributed by atoms with Crippen LogP contribution in [-0.2, 0) is 4.79 Å². The number of thioether (sulfide) groups is 1. The molecular weight excluding hydrogens is 496 g/mol. The maximum atomic E-state index is 13.0. The zero-order chi connectivity index (χ0) is 23.3. The van der Waals surface area contributed by atoms with E-state index < -0.39 is 5.97 Å². The van der Waals surface area contributed by atoms with Crippen LogP contribution in [0.5, 0.6) is 11.5 Å². The summed E-state index contributed by atoms with van der Waals surface area (Å²) in [7, 11) is 0. The molecule has 1 saturated heterocycles. The van der Waals surface area contributed by atoms with Crippen LogP contribution in [0.3, 0.4) is 0 Å². The smallest absolute Gasteiger partial charge is 0.335 e. The average Bonchev–Trinajstić information content (AvgIpc) is 3.05. The molecule has 7 nitrogen and oxygen atoms in total. The number of carboxylic acids is 1. The van der Waals surface area contributed by atoms with Crippen LogP contribution in [0.25, 0.3) is 6.08 Å². The Hall–Kier alpha value is -2.78. The summed E-state index contributed by atoms with van der Waals surface area (Å²) < 4.78 is 12.2. The van der Waals surface area contributed by atoms with Crippen LogP contribution in [0.1, 0.15) is 36.7 Å². The normalized spacial score (nSPS) is 16.1. The maximum Gasteiger partial charge on any atom is 0.335 e. The van der Waals surface area contributed by atoms with Crippen LogP contribution >= 0.6 is 27.7 Å². The first-order valence-electron chi connectivity index (χ1n) is 10.1. The Kier molecular flexibility index (Phi) is 7.98. The first-order valence-corrected chi connectivity index (χ1v) is 11.7. The molecule has 1 amide bonds. The number of ether oxygens (including phenoxy) is 2. The summed E-state index contributed by atoms with van der Waals surface area (Å²) in [6.45, 7) is 7.15. The Labute approximate surface area is 199 Å². The molecule has 0 saturated carbocycles. The van der Waals surface area contributed by atoms with Gasteiger partial charge in [0.25, 0.3) is 5.91 Å². The predicted molar refractivity (Wildman–Crippen MR) is 130 cm³/mol. The number of rotatable bonds is 8. The molecule has 32 heavy (non-hydrogen) atoms. The number of carboxylic acid groups (broad SMARTS) is 1. The van der Waals surface area contributed by atoms with Crippen LogP contribution in [0.2, 0.25) is 0 Å². The van der Waals surface area contributed by atoms with Crippen molar-refractivity contribution in [2.45, 2.75) is 20.8 Å². The van der Waals surface area contributed by atoms with E-state index in [2.05, 4.69) is 20.9 Å². The lowest BCUT2D eigenvalue weighted by Gasteiger charge is -2.13. The largest absolute Gasteiger partial charge is 0.493 e. The first-order chi connectivity index (χ1) is 15.4. The van der Waals surface area contributed by atoms with Crippen molar-refractivity contribution in [1.82, 2.24) is 4.90 Å². The molecule has 1 N–H and O–H groups in total. The molecule has 1 aliphatic heterocycles. The fraction of sp³-hybridized carbons (Fsp3) is 0.261. The lowest BCUT2D eigenvalue weighted by Crippen LogP contribution is -2.28. The fourth-order valence-electron chi connectivity index (χ4n) is 3.01. The quantitative estimate of drug-likeness (QED) is 0.459. The van der Waals surface area contributed by atoms with Gasteiger partial charge in [0.2, 0.25) is 0 Å². The zero-order valence-electron chi connectivity index (χ0n) is 17.9. The number of carbonyl (C=O) groups excluding carboxylic acids is 1. The number of benzene rings is 2. The third-order valence-corrected chi connectivity index (χ3v) is 6.12. The van der Waals surface area contributed by atoms with E-state index in [4.69, 9.17) is 14.6 Å². The number of hydrogen-bond donors (Lipinski definition) is 1. The van der Waals surface area contributed by atoms with Gasteiger partial charge in [0.05, 0.1) is 33.8 Å². The van der Waals surface area contributed by atoms with Gasteiger partial charge in [-0.3, -0.25) is 9.69 Å². The van der Waals surface area contributed by atoms with E-state index in [1.54, 1.807) is 23.1 Å². The predicted octanol–water partition coefficient (Wildman–Crippen LogP) is 5.57. The van der Waals surface area contributed by atoms with Crippen LogP contribution in [0.15, 0.2) is 50.8 Å². The fourth-order valence-corrected chi connectivity index (χ4v) is 4.54. The summed E-state index contributed by atoms with van der Waals surface area (Å²) in [5.41, 5.74) is 1.51. The Balaban J connectivity index is 1.96. The van der Waals surface area contributed by atoms with Gasteiger partial charge in [-0.05, 0) is 84.9 Å². The van der Waals surface area contributed by atoms with Crippen LogP contribution in [-0.4, -0.2) is 46.8 Å². The second kappa shape index (κ2) is 10.7. The van der Waals surface area contributed by atoms with E-state index in [-0.39, 0.29) is 11.5 Å². The number of amidine groups is 1. The monoisotopic (exact) mass is 518 g/mol. The van der Waals surface area contributed by atoms with Crippen molar-refractivity contribution in [2.75, 3.05) is 19.8 Å². The lowest BCUT2D eigenvalue weighted by molar-refractivity contribution is -0.122. The summed E-state index contributed by atoms with van der Waals surface area (Å²) in [4.78, 5) is 30.7. The van der Waals surface area contributed by atoms with Crippen molar-refractivity contribution in [3.05, 3.63) is 56.9 Å². The summed E-state index contributed by atoms with van der Waals surface area (Å²) >= 11 is 4.79. The number of amides is 1. The maximum absolute atomic E-state index is 13.0. The molecule has 0 bridgehead atoms. The van der Waals surface area contributed by atoms with Gasteiger partial charge in [-0.25, -0.2) is 9.79 Å². The van der Waals surface area contributed by atoms with Crippen LogP contribution in [0.4, 0.5) is 5.69 Å². The highest BCUT2D eigenvalue weighted by molar-refractivity contribution is 9.10. The molecule has 0 aliphatic carbocycles. The number of carbonyl (C=O) groups is 2. The topological polar surface area (TPSA) is 88.4 Å². The third kappa shape index (κ3) is 5.34. The van der Waals surface area contributed by atoms with Gasteiger partial charge >= 0.3 is 5.97 Å². The average molecular weight is 519 g/mol. The van der Waals surface area contributed by atoms with Crippen molar-refractivity contribution in [3.63, 3.8) is 0 Å². The zero-order valence-corrected chi connectivity index (χ0v) is 20.3. The Morgan fingerprint density at radius 3 is 2.38 bits per heavy atom. The number of aromatic carboxylic acids is 1. The van der Waals surface area contributed by atoms with Gasteiger partial charge in [0.15, 0.2) is 5.17 Å². The highest BCUT2D eigenvalue weighted by atomic mass is 79.9. The van der Waals surface area contributed by atoms with E-state index in [9.17, 15) is 9.59 Å². The number of likely N-dealkylation sites (N-methyl/N-ethyl adjacent to an activating group) is 1. The molecule has 0 atom stereocenters. The Morgan fingerprint density at radius 2 is 1.78 bits per heavy atom. The number of nitrogens with zero attached hydrogens (tertiary/aromatic N) is 2. The Bertz CT molecular complexity index is 1080. The van der Waals surface area contributed by atoms with Gasteiger partial charge in [0.1, 0.15) is 11.5 Å². The molecule has 0 radical (unpaired) electrons. The SMILES string of the molecule is CCOc1cc(OCC)c(/C=C2\SC(=Nc3ccc(C(=O)O)cc3)N(CC)C2=O)cc1Br. The molecule has 3 rings (SSSR count). The van der Waals surface area contributed by atoms with Gasteiger partial charge in [-0.2, -0.15) is 0 Å². The molecule has 2 aromatic carbocycles. The molecule has 1 fully saturated rings. The summed E-state index contributed by atoms with van der Waals surface area (Å²) in [5.74, 6) is 0.149. The summed E-state index contributed by atoms with van der Waals surface area (Å²) in [6, 6.07) is 9.89. The van der Waals surface area contributed by atoms with Crippen LogP contribution in [0, 0.1) is 0 Å². The van der Waals surface area contributed by atoms with Crippen molar-refractivity contribution >= 4 is 56.5 Å². The molecule has 1 aliphatic rings. The van der Waals surface area contributed by atoms with E-state index in [1.807, 2.05) is 32.9 Å². The molecule has 1 heterocycles. The molecule has 2 aromatic rings. The third-order valence-electron chi connectivity index (χ3n) is 4.49. The second-order valence-corrected chi connectivity index (χ2v) is 8.46. The highest BCUT2D eigenvalue weighted by Gasteiger charge is 2.32. The van der Waals surface area contributed by atoms with Crippen molar-refractivity contribution in [2.24, 2.45) is 4.99 Å². The van der Waals surface area contributed by atoms with Gasteiger partial charge < -0.3 is 14.6 Å². The van der Waals surface area contributed by atoms with E-state index in [0.717, 1.165) is 10.0 Å². The Morgan fingerprint density at radius 1 is 1.12 bits per heavy atom. The van der Waals surface area contributed by atoms with E-state index >= 15 is 0 Å². The van der Waals surface area contributed by atoms with Gasteiger partial charge in [-0.1, -0.05) is 0 Å². The molecular formula is C23H23BrN2O5S. The van der Waals surface area contributed by atoms with Crippen LogP contribution < -0.4 is 9.47 Å². The minimum atomic E-state index is -0.998. The number of aliphatic imine (C=N–C) groups is 1. The first kappa shape index (κ1) is 23.9.